The van der Waals surface area contributed by atoms with Gasteiger partial charge in [-0.1, -0.05) is 53.1 Å². The van der Waals surface area contributed by atoms with Gasteiger partial charge in [-0.05, 0) is 57.2 Å². The molecule has 0 bridgehead atoms. The number of carbonyl (C=O) groups is 3. The maximum Gasteiger partial charge on any atom is 0.631 e. The maximum absolute atomic E-state index is 10.4. The molecule has 0 aromatic heterocycles. The zero-order chi connectivity index (χ0) is 26.3. The van der Waals surface area contributed by atoms with E-state index in [0.717, 1.165) is 16.7 Å². The largest absolute Gasteiger partial charge is 0.631 e. The highest BCUT2D eigenvalue weighted by atomic mass is 16.5. The molecular formula is C24H27BO9. The Kier molecular flexibility index (Phi) is 13.9. The monoisotopic (exact) mass is 470 g/mol. The van der Waals surface area contributed by atoms with Gasteiger partial charge in [-0.25, -0.2) is 14.4 Å². The third-order valence-electron chi connectivity index (χ3n) is 3.80. The van der Waals surface area contributed by atoms with E-state index in [0.29, 0.717) is 16.7 Å². The molecule has 0 saturated heterocycles. The third-order valence-corrected chi connectivity index (χ3v) is 3.80. The highest BCUT2D eigenvalue weighted by molar-refractivity contribution is 6.30. The van der Waals surface area contributed by atoms with Crippen molar-refractivity contribution in [3.05, 3.63) is 106 Å². The van der Waals surface area contributed by atoms with Gasteiger partial charge in [-0.2, -0.15) is 0 Å². The van der Waals surface area contributed by atoms with E-state index in [1.165, 1.54) is 0 Å². The minimum atomic E-state index is -2.17. The predicted molar refractivity (Wildman–Crippen MR) is 127 cm³/mol. The molecule has 0 saturated carbocycles. The number of benzene rings is 3. The van der Waals surface area contributed by atoms with E-state index >= 15 is 0 Å². The third kappa shape index (κ3) is 14.1. The summed E-state index contributed by atoms with van der Waals surface area (Å²) in [4.78, 5) is 31.1. The van der Waals surface area contributed by atoms with Crippen molar-refractivity contribution in [2.75, 3.05) is 0 Å². The fraction of sp³-hybridized carbons (Fsp3) is 0.125. The van der Waals surface area contributed by atoms with Gasteiger partial charge in [0, 0.05) is 0 Å². The second kappa shape index (κ2) is 15.8. The molecule has 3 rings (SSSR count). The molecule has 0 atom stereocenters. The van der Waals surface area contributed by atoms with Crippen LogP contribution in [0.25, 0.3) is 0 Å². The first-order chi connectivity index (χ1) is 15.8. The lowest BCUT2D eigenvalue weighted by molar-refractivity contribution is 0.0686. The van der Waals surface area contributed by atoms with Crippen molar-refractivity contribution in [1.29, 1.82) is 0 Å². The van der Waals surface area contributed by atoms with Crippen molar-refractivity contribution >= 4 is 25.2 Å². The first-order valence-corrected chi connectivity index (χ1v) is 9.77. The van der Waals surface area contributed by atoms with Gasteiger partial charge < -0.3 is 30.4 Å². The van der Waals surface area contributed by atoms with Crippen LogP contribution >= 0.6 is 0 Å². The van der Waals surface area contributed by atoms with Crippen LogP contribution in [0.15, 0.2) is 72.8 Å². The molecule has 34 heavy (non-hydrogen) atoms. The van der Waals surface area contributed by atoms with Crippen molar-refractivity contribution in [3.8, 4) is 0 Å². The lowest BCUT2D eigenvalue weighted by Gasteiger charge is -1.93. The van der Waals surface area contributed by atoms with E-state index in [4.69, 9.17) is 30.4 Å². The first-order valence-electron chi connectivity index (χ1n) is 9.77. The number of carboxylic acids is 3. The molecule has 0 unspecified atom stereocenters. The molecule has 0 aliphatic rings. The highest BCUT2D eigenvalue weighted by Crippen LogP contribution is 2.04. The minimum absolute atomic E-state index is 0.347. The van der Waals surface area contributed by atoms with Crippen LogP contribution < -0.4 is 0 Å². The Hall–Kier alpha value is -3.99. The number of aromatic carboxylic acids is 3. The van der Waals surface area contributed by atoms with Gasteiger partial charge in [0.1, 0.15) is 0 Å². The van der Waals surface area contributed by atoms with Crippen molar-refractivity contribution in [2.24, 2.45) is 0 Å². The van der Waals surface area contributed by atoms with Crippen LogP contribution in [0.4, 0.5) is 0 Å². The molecule has 10 heteroatoms. The molecule has 0 amide bonds. The van der Waals surface area contributed by atoms with Crippen molar-refractivity contribution in [2.45, 2.75) is 20.8 Å². The lowest BCUT2D eigenvalue weighted by Crippen LogP contribution is -2.07. The standard InChI is InChI=1S/3C8H8O2.BH3O3/c3*1-6-3-2-4-7(5-6)8(9)10;2-1(3)4/h3*2-5H,1H3,(H,9,10);2-4H. The average molecular weight is 470 g/mol. The van der Waals surface area contributed by atoms with Crippen molar-refractivity contribution in [3.63, 3.8) is 0 Å². The van der Waals surface area contributed by atoms with Crippen LogP contribution in [-0.4, -0.2) is 55.6 Å². The molecule has 0 radical (unpaired) electrons. The van der Waals surface area contributed by atoms with Gasteiger partial charge in [0.2, 0.25) is 0 Å². The lowest BCUT2D eigenvalue weighted by atomic mass is 10.1. The maximum atomic E-state index is 10.4. The molecule has 9 nitrogen and oxygen atoms in total. The van der Waals surface area contributed by atoms with Gasteiger partial charge >= 0.3 is 25.2 Å². The van der Waals surface area contributed by atoms with E-state index in [9.17, 15) is 14.4 Å². The van der Waals surface area contributed by atoms with Crippen LogP contribution in [0.5, 0.6) is 0 Å². The van der Waals surface area contributed by atoms with Crippen LogP contribution in [-0.2, 0) is 0 Å². The Morgan fingerprint density at radius 2 is 0.735 bits per heavy atom. The molecule has 6 N–H and O–H groups in total. The second-order valence-corrected chi connectivity index (χ2v) is 6.87. The SMILES string of the molecule is Cc1cccc(C(=O)O)c1.Cc1cccc(C(=O)O)c1.Cc1cccc(C(=O)O)c1.OB(O)O. The van der Waals surface area contributed by atoms with Crippen LogP contribution in [0.2, 0.25) is 0 Å². The number of rotatable bonds is 3. The summed E-state index contributed by atoms with van der Waals surface area (Å²) in [6.07, 6.45) is 0. The summed E-state index contributed by atoms with van der Waals surface area (Å²) >= 11 is 0. The van der Waals surface area contributed by atoms with E-state index in [-0.39, 0.29) is 0 Å². The van der Waals surface area contributed by atoms with E-state index in [1.54, 1.807) is 54.6 Å². The summed E-state index contributed by atoms with van der Waals surface area (Å²) in [6, 6.07) is 20.5. The van der Waals surface area contributed by atoms with Crippen LogP contribution in [0.3, 0.4) is 0 Å². The topological polar surface area (TPSA) is 173 Å². The summed E-state index contributed by atoms with van der Waals surface area (Å²) in [5.41, 5.74) is 3.96. The van der Waals surface area contributed by atoms with Gasteiger partial charge in [0.05, 0.1) is 16.7 Å². The predicted octanol–water partition coefficient (Wildman–Crippen LogP) is 3.03. The van der Waals surface area contributed by atoms with Crippen molar-refractivity contribution in [1.82, 2.24) is 0 Å². The zero-order valence-electron chi connectivity index (χ0n) is 18.9. The summed E-state index contributed by atoms with van der Waals surface area (Å²) in [5.74, 6) is -2.61. The Morgan fingerprint density at radius 3 is 0.853 bits per heavy atom. The van der Waals surface area contributed by atoms with Crippen LogP contribution in [0, 0.1) is 20.8 Å². The molecule has 3 aromatic carbocycles. The quantitative estimate of drug-likeness (QED) is 0.315. The van der Waals surface area contributed by atoms with Gasteiger partial charge in [0.25, 0.3) is 0 Å². The average Bonchev–Trinajstić information content (AvgIpc) is 2.74. The molecule has 0 spiro atoms. The smallest absolute Gasteiger partial charge is 0.478 e. The van der Waals surface area contributed by atoms with Gasteiger partial charge in [-0.15, -0.1) is 0 Å². The highest BCUT2D eigenvalue weighted by Gasteiger charge is 2.00. The molecule has 0 fully saturated rings. The molecule has 3 aromatic rings. The molecule has 0 heterocycles. The van der Waals surface area contributed by atoms with Gasteiger partial charge in [-0.3, -0.25) is 0 Å². The first kappa shape index (κ1) is 30.0. The van der Waals surface area contributed by atoms with Gasteiger partial charge in [0.15, 0.2) is 0 Å². The summed E-state index contributed by atoms with van der Waals surface area (Å²) in [6.45, 7) is 5.60. The van der Waals surface area contributed by atoms with Crippen molar-refractivity contribution < 1.29 is 44.8 Å². The normalized spacial score (nSPS) is 9.00. The number of aryl methyl sites for hydroxylation is 3. The molecule has 0 aliphatic heterocycles. The molecule has 0 aliphatic carbocycles. The minimum Gasteiger partial charge on any atom is -0.478 e. The summed E-state index contributed by atoms with van der Waals surface area (Å²) < 4.78 is 0. The zero-order valence-corrected chi connectivity index (χ0v) is 18.9. The van der Waals surface area contributed by atoms with Crippen LogP contribution in [0.1, 0.15) is 47.8 Å². The fourth-order valence-corrected chi connectivity index (χ4v) is 2.33. The molecule has 180 valence electrons. The summed E-state index contributed by atoms with van der Waals surface area (Å²) in [5, 5.41) is 47.0. The number of hydrogen-bond acceptors (Lipinski definition) is 6. The Bertz CT molecular complexity index is 947. The second-order valence-electron chi connectivity index (χ2n) is 6.87. The Labute approximate surface area is 197 Å². The summed E-state index contributed by atoms with van der Waals surface area (Å²) in [7, 11) is -2.17. The van der Waals surface area contributed by atoms with E-state index < -0.39 is 25.2 Å². The number of hydrogen-bond donors (Lipinski definition) is 6. The molecular weight excluding hydrogens is 443 g/mol. The number of carboxylic acid groups (broad SMARTS) is 3. The van der Waals surface area contributed by atoms with E-state index in [2.05, 4.69) is 0 Å². The Balaban J connectivity index is 0.000000445. The Morgan fingerprint density at radius 1 is 0.529 bits per heavy atom. The van der Waals surface area contributed by atoms with E-state index in [1.807, 2.05) is 39.0 Å². The fourth-order valence-electron chi connectivity index (χ4n) is 2.33.